The normalized spacial score (nSPS) is 39.5. The van der Waals surface area contributed by atoms with Gasteiger partial charge in [0, 0.05) is 46.6 Å². The molecule has 3 aliphatic carbocycles. The molecule has 0 saturated heterocycles. The summed E-state index contributed by atoms with van der Waals surface area (Å²) in [4.78, 5) is 66.1. The van der Waals surface area contributed by atoms with E-state index >= 15 is 0 Å². The average Bonchev–Trinajstić information content (AvgIpc) is 3.39. The highest BCUT2D eigenvalue weighted by atomic mass is 16.6. The number of ketones is 2. The van der Waals surface area contributed by atoms with Crippen molar-refractivity contribution in [2.75, 3.05) is 7.11 Å². The van der Waals surface area contributed by atoms with E-state index in [4.69, 9.17) is 18.6 Å². The number of methoxy groups -OCH3 is 1. The third kappa shape index (κ3) is 3.53. The van der Waals surface area contributed by atoms with Crippen LogP contribution in [0.4, 0.5) is 0 Å². The monoisotopic (exact) mass is 542 g/mol. The molecule has 1 aromatic heterocycles. The number of aliphatic hydroxyl groups is 1. The average molecular weight is 543 g/mol. The van der Waals surface area contributed by atoms with Gasteiger partial charge < -0.3 is 23.7 Å². The summed E-state index contributed by atoms with van der Waals surface area (Å²) in [5.74, 6) is -6.25. The van der Waals surface area contributed by atoms with Gasteiger partial charge in [0.25, 0.3) is 0 Å². The van der Waals surface area contributed by atoms with Crippen LogP contribution in [0.1, 0.15) is 65.5 Å². The zero-order valence-electron chi connectivity index (χ0n) is 22.9. The molecule has 2 bridgehead atoms. The fourth-order valence-electron chi connectivity index (χ4n) is 8.49. The van der Waals surface area contributed by atoms with E-state index in [1.54, 1.807) is 26.8 Å². The second kappa shape index (κ2) is 8.61. The summed E-state index contributed by atoms with van der Waals surface area (Å²) >= 11 is 0. The van der Waals surface area contributed by atoms with Crippen LogP contribution in [-0.4, -0.2) is 53.4 Å². The smallest absolute Gasteiger partial charge is 0.347 e. The maximum Gasteiger partial charge on any atom is 0.347 e. The standard InChI is InChI=1S/C29H34O10/c1-14(30)38-20(25(34)36-6)21-26(2,3)22(32)16-12-29(35)17(28(21,5)23(16)33)7-9-27(4)18(29)11-19(31)39-24(27)15-8-10-37-13-15/h8,10-11,13,16-17,20-21,24,35H,7,9,12H2,1-6H3. The van der Waals surface area contributed by atoms with Crippen molar-refractivity contribution >= 4 is 29.5 Å². The minimum atomic E-state index is -1.75. The minimum absolute atomic E-state index is 0.190. The van der Waals surface area contributed by atoms with Gasteiger partial charge in [0.05, 0.1) is 31.2 Å². The lowest BCUT2D eigenvalue weighted by Crippen LogP contribution is -2.74. The molecule has 4 aliphatic rings. The maximum atomic E-state index is 14.1. The summed E-state index contributed by atoms with van der Waals surface area (Å²) in [7, 11) is 1.14. The topological polar surface area (TPSA) is 146 Å². The van der Waals surface area contributed by atoms with Crippen LogP contribution in [0, 0.1) is 34.0 Å². The van der Waals surface area contributed by atoms with E-state index < -0.39 is 81.3 Å². The molecule has 10 heteroatoms. The molecule has 3 fully saturated rings. The summed E-state index contributed by atoms with van der Waals surface area (Å²) in [6, 6.07) is 1.70. The summed E-state index contributed by atoms with van der Waals surface area (Å²) in [6.45, 7) is 7.96. The van der Waals surface area contributed by atoms with E-state index in [1.807, 2.05) is 6.92 Å². The third-order valence-corrected chi connectivity index (χ3v) is 10.0. The van der Waals surface area contributed by atoms with Gasteiger partial charge in [0.15, 0.2) is 0 Å². The number of fused-ring (bicyclic) bond motifs is 6. The molecule has 210 valence electrons. The molecule has 8 atom stereocenters. The van der Waals surface area contributed by atoms with Crippen molar-refractivity contribution in [3.05, 3.63) is 35.8 Å². The van der Waals surface area contributed by atoms with Crippen LogP contribution < -0.4 is 0 Å². The van der Waals surface area contributed by atoms with Gasteiger partial charge in [-0.05, 0) is 30.9 Å². The number of hydrogen-bond donors (Lipinski definition) is 1. The summed E-state index contributed by atoms with van der Waals surface area (Å²) < 4.78 is 21.4. The Morgan fingerprint density at radius 2 is 1.82 bits per heavy atom. The Balaban J connectivity index is 1.71. The molecule has 0 spiro atoms. The Bertz CT molecular complexity index is 1290. The first-order chi connectivity index (χ1) is 18.1. The summed E-state index contributed by atoms with van der Waals surface area (Å²) in [5.41, 5.74) is -4.32. The van der Waals surface area contributed by atoms with Crippen LogP contribution in [0.3, 0.4) is 0 Å². The molecule has 0 amide bonds. The summed E-state index contributed by atoms with van der Waals surface area (Å²) in [6.07, 6.45) is 2.51. The molecule has 39 heavy (non-hydrogen) atoms. The second-order valence-corrected chi connectivity index (χ2v) is 12.4. The van der Waals surface area contributed by atoms with Gasteiger partial charge in [-0.3, -0.25) is 14.4 Å². The van der Waals surface area contributed by atoms with Crippen molar-refractivity contribution < 1.29 is 47.7 Å². The highest BCUT2D eigenvalue weighted by Crippen LogP contribution is 2.69. The fourth-order valence-corrected chi connectivity index (χ4v) is 8.49. The SMILES string of the molecule is COC(=O)C(OC(C)=O)C1C(C)(C)C(=O)C2CC3(O)C4=CC(=O)OC(c5ccoc5)C4(C)CCC3C1(C)C2=O. The Hall–Kier alpha value is -3.27. The molecule has 1 N–H and O–H groups in total. The lowest BCUT2D eigenvalue weighted by Gasteiger charge is -2.66. The van der Waals surface area contributed by atoms with Crippen molar-refractivity contribution in [3.63, 3.8) is 0 Å². The number of furan rings is 1. The van der Waals surface area contributed by atoms with Crippen molar-refractivity contribution in [1.82, 2.24) is 0 Å². The lowest BCUT2D eigenvalue weighted by atomic mass is 9.37. The number of rotatable bonds is 4. The number of Topliss-reactive ketones (excluding diaryl/α,β-unsaturated/α-hetero) is 2. The fraction of sp³-hybridized carbons (Fsp3) is 0.621. The van der Waals surface area contributed by atoms with Gasteiger partial charge >= 0.3 is 17.9 Å². The van der Waals surface area contributed by atoms with Crippen LogP contribution >= 0.6 is 0 Å². The molecular weight excluding hydrogens is 508 g/mol. The van der Waals surface area contributed by atoms with Crippen LogP contribution in [0.25, 0.3) is 0 Å². The van der Waals surface area contributed by atoms with Crippen LogP contribution in [0.2, 0.25) is 0 Å². The van der Waals surface area contributed by atoms with E-state index in [2.05, 4.69) is 0 Å². The number of esters is 3. The Labute approximate surface area is 226 Å². The van der Waals surface area contributed by atoms with Gasteiger partial charge in [-0.25, -0.2) is 9.59 Å². The molecule has 0 aromatic carbocycles. The number of carbonyl (C=O) groups is 5. The van der Waals surface area contributed by atoms with E-state index in [0.29, 0.717) is 24.0 Å². The Morgan fingerprint density at radius 3 is 2.41 bits per heavy atom. The second-order valence-electron chi connectivity index (χ2n) is 12.4. The first kappa shape index (κ1) is 27.3. The zero-order valence-corrected chi connectivity index (χ0v) is 22.9. The first-order valence-corrected chi connectivity index (χ1v) is 13.2. The Kier molecular flexibility index (Phi) is 6.03. The Morgan fingerprint density at radius 1 is 1.13 bits per heavy atom. The number of carbonyl (C=O) groups excluding carboxylic acids is 5. The molecule has 1 aliphatic heterocycles. The van der Waals surface area contributed by atoms with Crippen molar-refractivity contribution in [3.8, 4) is 0 Å². The molecule has 10 nitrogen and oxygen atoms in total. The number of hydrogen-bond acceptors (Lipinski definition) is 10. The quantitative estimate of drug-likeness (QED) is 0.342. The largest absolute Gasteiger partial charge is 0.472 e. The van der Waals surface area contributed by atoms with Gasteiger partial charge in [-0.2, -0.15) is 0 Å². The van der Waals surface area contributed by atoms with Gasteiger partial charge in [-0.15, -0.1) is 0 Å². The summed E-state index contributed by atoms with van der Waals surface area (Å²) in [5, 5.41) is 12.6. The predicted octanol–water partition coefficient (Wildman–Crippen LogP) is 2.88. The van der Waals surface area contributed by atoms with Crippen molar-refractivity contribution in [2.45, 2.75) is 71.7 Å². The van der Waals surface area contributed by atoms with Crippen LogP contribution in [0.5, 0.6) is 0 Å². The molecule has 5 rings (SSSR count). The molecule has 0 radical (unpaired) electrons. The van der Waals surface area contributed by atoms with E-state index in [1.165, 1.54) is 18.6 Å². The van der Waals surface area contributed by atoms with E-state index in [0.717, 1.165) is 14.0 Å². The molecular formula is C29H34O10. The van der Waals surface area contributed by atoms with E-state index in [9.17, 15) is 29.1 Å². The third-order valence-electron chi connectivity index (χ3n) is 10.0. The first-order valence-electron chi connectivity index (χ1n) is 13.2. The highest BCUT2D eigenvalue weighted by molar-refractivity contribution is 6.11. The molecule has 8 unspecified atom stereocenters. The number of ether oxygens (including phenoxy) is 3. The van der Waals surface area contributed by atoms with Crippen molar-refractivity contribution in [1.29, 1.82) is 0 Å². The molecule has 2 heterocycles. The number of cyclic esters (lactones) is 1. The molecule has 3 saturated carbocycles. The molecule has 1 aromatic rings. The minimum Gasteiger partial charge on any atom is -0.472 e. The van der Waals surface area contributed by atoms with Crippen LogP contribution in [0.15, 0.2) is 34.7 Å². The van der Waals surface area contributed by atoms with Gasteiger partial charge in [0.2, 0.25) is 6.10 Å². The maximum absolute atomic E-state index is 14.1. The highest BCUT2D eigenvalue weighted by Gasteiger charge is 2.75. The lowest BCUT2D eigenvalue weighted by molar-refractivity contribution is -0.221. The predicted molar refractivity (Wildman–Crippen MR) is 132 cm³/mol. The van der Waals surface area contributed by atoms with Gasteiger partial charge in [0.1, 0.15) is 17.7 Å². The van der Waals surface area contributed by atoms with Gasteiger partial charge in [-0.1, -0.05) is 27.7 Å². The van der Waals surface area contributed by atoms with E-state index in [-0.39, 0.29) is 6.42 Å². The van der Waals surface area contributed by atoms with Crippen LogP contribution in [-0.2, 0) is 38.2 Å². The zero-order chi connectivity index (χ0) is 28.7. The van der Waals surface area contributed by atoms with Crippen molar-refractivity contribution in [2.24, 2.45) is 34.0 Å².